The fourth-order valence-electron chi connectivity index (χ4n) is 2.65. The van der Waals surface area contributed by atoms with Crippen molar-refractivity contribution in [2.45, 2.75) is 6.92 Å². The summed E-state index contributed by atoms with van der Waals surface area (Å²) < 4.78 is 1.80. The molecular formula is C19H15N5O. The van der Waals surface area contributed by atoms with E-state index in [0.29, 0.717) is 11.4 Å². The van der Waals surface area contributed by atoms with Gasteiger partial charge in [0.25, 0.3) is 5.91 Å². The van der Waals surface area contributed by atoms with E-state index in [2.05, 4.69) is 20.4 Å². The summed E-state index contributed by atoms with van der Waals surface area (Å²) in [6.45, 7) is 1.92. The van der Waals surface area contributed by atoms with E-state index in [1.54, 1.807) is 35.3 Å². The molecule has 1 N–H and O–H groups in total. The van der Waals surface area contributed by atoms with E-state index >= 15 is 0 Å². The van der Waals surface area contributed by atoms with Crippen LogP contribution in [-0.2, 0) is 0 Å². The lowest BCUT2D eigenvalue weighted by molar-refractivity contribution is 0.102. The topological polar surface area (TPSA) is 72.7 Å². The van der Waals surface area contributed by atoms with Crippen molar-refractivity contribution < 1.29 is 4.79 Å². The third kappa shape index (κ3) is 2.85. The van der Waals surface area contributed by atoms with Gasteiger partial charge in [0.1, 0.15) is 5.69 Å². The minimum atomic E-state index is -0.269. The van der Waals surface area contributed by atoms with Gasteiger partial charge in [-0.05, 0) is 37.3 Å². The number of pyridine rings is 2. The van der Waals surface area contributed by atoms with E-state index in [-0.39, 0.29) is 5.91 Å². The van der Waals surface area contributed by atoms with Gasteiger partial charge >= 0.3 is 0 Å². The first-order valence-corrected chi connectivity index (χ1v) is 7.85. The minimum absolute atomic E-state index is 0.269. The van der Waals surface area contributed by atoms with Crippen LogP contribution in [-0.4, -0.2) is 25.7 Å². The van der Waals surface area contributed by atoms with Crippen LogP contribution in [0.5, 0.6) is 0 Å². The summed E-state index contributed by atoms with van der Waals surface area (Å²) in [4.78, 5) is 20.8. The number of para-hydroxylation sites is 1. The highest BCUT2D eigenvalue weighted by atomic mass is 16.1. The Morgan fingerprint density at radius 2 is 1.84 bits per heavy atom. The zero-order chi connectivity index (χ0) is 17.2. The number of aromatic nitrogens is 4. The quantitative estimate of drug-likeness (QED) is 0.625. The number of anilines is 1. The molecule has 0 aliphatic heterocycles. The molecule has 0 spiro atoms. The first kappa shape index (κ1) is 15.0. The molecule has 122 valence electrons. The molecule has 6 heteroatoms. The van der Waals surface area contributed by atoms with Gasteiger partial charge in [0.05, 0.1) is 23.3 Å². The average Bonchev–Trinajstić information content (AvgIpc) is 2.99. The molecule has 0 radical (unpaired) electrons. The van der Waals surface area contributed by atoms with Crippen LogP contribution in [0.4, 0.5) is 5.69 Å². The molecule has 3 heterocycles. The summed E-state index contributed by atoms with van der Waals surface area (Å²) >= 11 is 0. The van der Waals surface area contributed by atoms with Crippen molar-refractivity contribution in [2.24, 2.45) is 0 Å². The number of hydrogen-bond acceptors (Lipinski definition) is 4. The van der Waals surface area contributed by atoms with Crippen molar-refractivity contribution in [1.82, 2.24) is 19.7 Å². The van der Waals surface area contributed by atoms with Crippen LogP contribution in [0, 0.1) is 6.92 Å². The molecule has 1 aromatic carbocycles. The second-order valence-corrected chi connectivity index (χ2v) is 5.60. The van der Waals surface area contributed by atoms with Gasteiger partial charge in [0.15, 0.2) is 5.65 Å². The van der Waals surface area contributed by atoms with Crippen molar-refractivity contribution in [2.75, 3.05) is 5.32 Å². The van der Waals surface area contributed by atoms with Crippen LogP contribution in [0.3, 0.4) is 0 Å². The fraction of sp³-hybridized carbons (Fsp3) is 0.0526. The molecule has 1 amide bonds. The Morgan fingerprint density at radius 1 is 1.04 bits per heavy atom. The average molecular weight is 329 g/mol. The zero-order valence-electron chi connectivity index (χ0n) is 13.5. The Kier molecular flexibility index (Phi) is 3.70. The van der Waals surface area contributed by atoms with Crippen LogP contribution in [0.25, 0.3) is 16.7 Å². The van der Waals surface area contributed by atoms with Crippen LogP contribution in [0.15, 0.2) is 67.0 Å². The number of nitrogens with zero attached hydrogens (tertiary/aromatic N) is 4. The number of carbonyl (C=O) groups excluding carboxylic acids is 1. The highest BCUT2D eigenvalue weighted by Gasteiger charge is 2.13. The number of benzene rings is 1. The number of fused-ring (bicyclic) bond motifs is 1. The SMILES string of the molecule is Cc1nn(-c2ccccc2)c2ncc(NC(=O)c3ccccn3)cc12. The Hall–Kier alpha value is -3.54. The standard InChI is InChI=1S/C19H15N5O/c1-13-16-11-14(22-19(25)17-9-5-6-10-20-17)12-21-18(16)24(23-13)15-7-3-2-4-8-15/h2-12H,1H3,(H,22,25). The molecule has 3 aromatic heterocycles. The maximum atomic E-state index is 12.2. The normalized spacial score (nSPS) is 10.8. The second-order valence-electron chi connectivity index (χ2n) is 5.60. The largest absolute Gasteiger partial charge is 0.319 e. The monoisotopic (exact) mass is 329 g/mol. The Balaban J connectivity index is 1.70. The van der Waals surface area contributed by atoms with Crippen LogP contribution < -0.4 is 5.32 Å². The molecule has 4 rings (SSSR count). The number of nitrogens with one attached hydrogen (secondary N) is 1. The summed E-state index contributed by atoms with van der Waals surface area (Å²) in [7, 11) is 0. The van der Waals surface area contributed by atoms with Crippen molar-refractivity contribution >= 4 is 22.6 Å². The van der Waals surface area contributed by atoms with E-state index in [0.717, 1.165) is 22.4 Å². The van der Waals surface area contributed by atoms with Gasteiger partial charge in [-0.15, -0.1) is 0 Å². The summed E-state index contributed by atoms with van der Waals surface area (Å²) in [5.74, 6) is -0.269. The summed E-state index contributed by atoms with van der Waals surface area (Å²) in [5.41, 5.74) is 3.51. The van der Waals surface area contributed by atoms with Crippen molar-refractivity contribution in [1.29, 1.82) is 0 Å². The molecule has 0 aliphatic carbocycles. The molecule has 4 aromatic rings. The fourth-order valence-corrected chi connectivity index (χ4v) is 2.65. The molecule has 0 bridgehead atoms. The van der Waals surface area contributed by atoms with Gasteiger partial charge in [-0.3, -0.25) is 9.78 Å². The first-order valence-electron chi connectivity index (χ1n) is 7.85. The van der Waals surface area contributed by atoms with Gasteiger partial charge in [-0.25, -0.2) is 9.67 Å². The Labute approximate surface area is 144 Å². The molecule has 6 nitrogen and oxygen atoms in total. The van der Waals surface area contributed by atoms with Crippen LogP contribution >= 0.6 is 0 Å². The Bertz CT molecular complexity index is 1040. The highest BCUT2D eigenvalue weighted by Crippen LogP contribution is 2.23. The smallest absolute Gasteiger partial charge is 0.274 e. The third-order valence-electron chi connectivity index (χ3n) is 3.86. The van der Waals surface area contributed by atoms with E-state index in [9.17, 15) is 4.79 Å². The van der Waals surface area contributed by atoms with E-state index < -0.39 is 0 Å². The molecule has 0 saturated heterocycles. The first-order chi connectivity index (χ1) is 12.2. The summed E-state index contributed by atoms with van der Waals surface area (Å²) in [6.07, 6.45) is 3.22. The van der Waals surface area contributed by atoms with Gasteiger partial charge in [-0.1, -0.05) is 24.3 Å². The predicted molar refractivity (Wildman–Crippen MR) is 95.8 cm³/mol. The van der Waals surface area contributed by atoms with E-state index in [1.165, 1.54) is 0 Å². The van der Waals surface area contributed by atoms with Gasteiger partial charge in [0.2, 0.25) is 0 Å². The van der Waals surface area contributed by atoms with Gasteiger partial charge in [0, 0.05) is 11.6 Å². The molecule has 0 unspecified atom stereocenters. The van der Waals surface area contributed by atoms with Crippen LogP contribution in [0.2, 0.25) is 0 Å². The number of aryl methyl sites for hydroxylation is 1. The van der Waals surface area contributed by atoms with Crippen molar-refractivity contribution in [3.05, 3.63) is 78.4 Å². The Morgan fingerprint density at radius 3 is 2.60 bits per heavy atom. The number of carbonyl (C=O) groups is 1. The van der Waals surface area contributed by atoms with Gasteiger partial charge < -0.3 is 5.32 Å². The summed E-state index contributed by atoms with van der Waals surface area (Å²) in [6, 6.07) is 16.9. The predicted octanol–water partition coefficient (Wildman–Crippen LogP) is 3.38. The maximum absolute atomic E-state index is 12.2. The number of hydrogen-bond donors (Lipinski definition) is 1. The number of rotatable bonds is 3. The molecule has 0 atom stereocenters. The lowest BCUT2D eigenvalue weighted by atomic mass is 10.2. The number of amides is 1. The molecular weight excluding hydrogens is 314 g/mol. The van der Waals surface area contributed by atoms with Crippen molar-refractivity contribution in [3.8, 4) is 5.69 Å². The lowest BCUT2D eigenvalue weighted by Gasteiger charge is -2.05. The maximum Gasteiger partial charge on any atom is 0.274 e. The van der Waals surface area contributed by atoms with Gasteiger partial charge in [-0.2, -0.15) is 5.10 Å². The molecule has 0 saturated carbocycles. The van der Waals surface area contributed by atoms with E-state index in [4.69, 9.17) is 0 Å². The second kappa shape index (κ2) is 6.16. The third-order valence-corrected chi connectivity index (χ3v) is 3.86. The van der Waals surface area contributed by atoms with Crippen LogP contribution in [0.1, 0.15) is 16.2 Å². The molecule has 25 heavy (non-hydrogen) atoms. The lowest BCUT2D eigenvalue weighted by Crippen LogP contribution is -2.13. The highest BCUT2D eigenvalue weighted by molar-refractivity contribution is 6.03. The minimum Gasteiger partial charge on any atom is -0.319 e. The molecule has 0 fully saturated rings. The zero-order valence-corrected chi connectivity index (χ0v) is 13.5. The van der Waals surface area contributed by atoms with Crippen molar-refractivity contribution in [3.63, 3.8) is 0 Å². The summed E-state index contributed by atoms with van der Waals surface area (Å²) in [5, 5.41) is 8.28. The molecule has 0 aliphatic rings. The van der Waals surface area contributed by atoms with E-state index in [1.807, 2.05) is 43.3 Å².